The first-order valence-electron chi connectivity index (χ1n) is 7.53. The van der Waals surface area contributed by atoms with Crippen LogP contribution in [0, 0.1) is 5.92 Å². The Kier molecular flexibility index (Phi) is 6.27. The third kappa shape index (κ3) is 5.11. The minimum Gasteiger partial charge on any atom is -0.468 e. The maximum Gasteiger partial charge on any atom is 0.327 e. The van der Waals surface area contributed by atoms with E-state index in [2.05, 4.69) is 31.0 Å². The van der Waals surface area contributed by atoms with E-state index in [1.54, 1.807) is 0 Å². The van der Waals surface area contributed by atoms with E-state index >= 15 is 0 Å². The summed E-state index contributed by atoms with van der Waals surface area (Å²) in [5, 5.41) is 3.46. The number of hydrogen-bond donors (Lipinski definition) is 1. The Balaban J connectivity index is 2.65. The van der Waals surface area contributed by atoms with Crippen LogP contribution in [0.2, 0.25) is 0 Å². The minimum absolute atomic E-state index is 0.151. The van der Waals surface area contributed by atoms with Gasteiger partial charge in [0.2, 0.25) is 0 Å². The number of carbonyl (C=O) groups is 1. The van der Waals surface area contributed by atoms with E-state index in [9.17, 15) is 4.79 Å². The highest BCUT2D eigenvalue weighted by Crippen LogP contribution is 2.24. The van der Waals surface area contributed by atoms with Crippen LogP contribution < -0.4 is 5.32 Å². The number of methoxy groups -OCH3 is 1. The van der Waals surface area contributed by atoms with E-state index < -0.39 is 5.54 Å². The average Bonchev–Trinajstić information content (AvgIpc) is 3.20. The van der Waals surface area contributed by atoms with E-state index in [1.165, 1.54) is 26.4 Å². The Bertz CT molecular complexity index is 292. The number of nitrogens with zero attached hydrogens (tertiary/aromatic N) is 1. The molecule has 0 radical (unpaired) electrons. The highest BCUT2D eigenvalue weighted by molar-refractivity contribution is 5.80. The molecule has 112 valence electrons. The molecule has 4 nitrogen and oxygen atoms in total. The molecule has 19 heavy (non-hydrogen) atoms. The van der Waals surface area contributed by atoms with Gasteiger partial charge in [-0.15, -0.1) is 0 Å². The van der Waals surface area contributed by atoms with Gasteiger partial charge < -0.3 is 9.64 Å². The molecule has 0 aromatic heterocycles. The van der Waals surface area contributed by atoms with Gasteiger partial charge in [0, 0.05) is 19.1 Å². The molecule has 4 heteroatoms. The molecule has 0 spiro atoms. The normalized spacial score (nSPS) is 20.1. The Morgan fingerprint density at radius 1 is 1.47 bits per heavy atom. The Labute approximate surface area is 117 Å². The topological polar surface area (TPSA) is 41.6 Å². The maximum absolute atomic E-state index is 12.1. The summed E-state index contributed by atoms with van der Waals surface area (Å²) < 4.78 is 4.99. The van der Waals surface area contributed by atoms with Crippen LogP contribution in [0.4, 0.5) is 0 Å². The molecule has 0 amide bonds. The lowest BCUT2D eigenvalue weighted by atomic mass is 10.00. The van der Waals surface area contributed by atoms with Gasteiger partial charge in [-0.25, -0.2) is 0 Å². The summed E-state index contributed by atoms with van der Waals surface area (Å²) in [5.74, 6) is 0.504. The number of nitrogens with one attached hydrogen (secondary N) is 1. The number of rotatable bonds is 9. The lowest BCUT2D eigenvalue weighted by Crippen LogP contribution is -2.58. The number of hydrogen-bond acceptors (Lipinski definition) is 4. The van der Waals surface area contributed by atoms with Crippen molar-refractivity contribution in [2.75, 3.05) is 26.7 Å². The molecule has 0 saturated heterocycles. The predicted octanol–water partition coefficient (Wildman–Crippen LogP) is 2.04. The fraction of sp³-hybridized carbons (Fsp3) is 0.933. The van der Waals surface area contributed by atoms with Gasteiger partial charge in [0.25, 0.3) is 0 Å². The van der Waals surface area contributed by atoms with Crippen LogP contribution in [0.15, 0.2) is 0 Å². The molecule has 2 atom stereocenters. The van der Waals surface area contributed by atoms with Crippen LogP contribution in [0.5, 0.6) is 0 Å². The molecule has 1 aliphatic rings. The number of esters is 1. The molecule has 1 fully saturated rings. The highest BCUT2D eigenvalue weighted by Gasteiger charge is 2.40. The van der Waals surface area contributed by atoms with E-state index in [4.69, 9.17) is 4.74 Å². The molecular formula is C15H30N2O2. The quantitative estimate of drug-likeness (QED) is 0.651. The van der Waals surface area contributed by atoms with Gasteiger partial charge in [-0.3, -0.25) is 10.1 Å². The van der Waals surface area contributed by atoms with Crippen molar-refractivity contribution in [2.45, 2.75) is 58.5 Å². The van der Waals surface area contributed by atoms with E-state index in [0.717, 1.165) is 19.6 Å². The van der Waals surface area contributed by atoms with Crippen LogP contribution in [-0.4, -0.2) is 49.2 Å². The molecule has 0 aliphatic heterocycles. The van der Waals surface area contributed by atoms with Crippen LogP contribution in [-0.2, 0) is 9.53 Å². The number of likely N-dealkylation sites (N-methyl/N-ethyl adjacent to an activating group) is 1. The largest absolute Gasteiger partial charge is 0.468 e. The fourth-order valence-electron chi connectivity index (χ4n) is 2.40. The maximum atomic E-state index is 12.1. The second-order valence-corrected chi connectivity index (χ2v) is 6.08. The molecular weight excluding hydrogens is 240 g/mol. The molecule has 0 heterocycles. The first-order chi connectivity index (χ1) is 8.95. The van der Waals surface area contributed by atoms with Crippen molar-refractivity contribution in [2.24, 2.45) is 5.92 Å². The van der Waals surface area contributed by atoms with Crippen molar-refractivity contribution in [3.8, 4) is 0 Å². The smallest absolute Gasteiger partial charge is 0.327 e. The SMILES string of the molecule is CCC(C)CN(CC)CC(C)(NC1CC1)C(=O)OC. The summed E-state index contributed by atoms with van der Waals surface area (Å²) in [4.78, 5) is 14.4. The molecule has 2 unspecified atom stereocenters. The van der Waals surface area contributed by atoms with Crippen molar-refractivity contribution in [1.29, 1.82) is 0 Å². The molecule has 0 bridgehead atoms. The second kappa shape index (κ2) is 7.25. The molecule has 0 aromatic rings. The Morgan fingerprint density at radius 3 is 2.53 bits per heavy atom. The van der Waals surface area contributed by atoms with Crippen molar-refractivity contribution < 1.29 is 9.53 Å². The average molecular weight is 270 g/mol. The van der Waals surface area contributed by atoms with Crippen molar-refractivity contribution in [1.82, 2.24) is 10.2 Å². The zero-order valence-electron chi connectivity index (χ0n) is 13.2. The van der Waals surface area contributed by atoms with Crippen molar-refractivity contribution >= 4 is 5.97 Å². The number of carbonyl (C=O) groups excluding carboxylic acids is 1. The Hall–Kier alpha value is -0.610. The molecule has 1 N–H and O–H groups in total. The van der Waals surface area contributed by atoms with E-state index in [-0.39, 0.29) is 5.97 Å². The van der Waals surface area contributed by atoms with Gasteiger partial charge in [-0.2, -0.15) is 0 Å². The zero-order chi connectivity index (χ0) is 14.5. The standard InChI is InChI=1S/C15H30N2O2/c1-6-12(3)10-17(7-2)11-15(4,14(18)19-5)16-13-8-9-13/h12-13,16H,6-11H2,1-5H3. The van der Waals surface area contributed by atoms with Gasteiger partial charge >= 0.3 is 5.97 Å². The van der Waals surface area contributed by atoms with Crippen LogP contribution in [0.1, 0.15) is 47.0 Å². The summed E-state index contributed by atoms with van der Waals surface area (Å²) in [7, 11) is 1.47. The van der Waals surface area contributed by atoms with E-state index in [1.807, 2.05) is 6.92 Å². The monoisotopic (exact) mass is 270 g/mol. The van der Waals surface area contributed by atoms with Gasteiger partial charge in [0.1, 0.15) is 5.54 Å². The Morgan fingerprint density at radius 2 is 2.11 bits per heavy atom. The summed E-state index contributed by atoms with van der Waals surface area (Å²) in [6.45, 7) is 11.3. The predicted molar refractivity (Wildman–Crippen MR) is 78.1 cm³/mol. The van der Waals surface area contributed by atoms with Crippen LogP contribution in [0.25, 0.3) is 0 Å². The third-order valence-corrected chi connectivity index (χ3v) is 3.99. The minimum atomic E-state index is -0.584. The lowest BCUT2D eigenvalue weighted by Gasteiger charge is -2.35. The first-order valence-corrected chi connectivity index (χ1v) is 7.53. The number of ether oxygens (including phenoxy) is 1. The first kappa shape index (κ1) is 16.4. The molecule has 1 rings (SSSR count). The van der Waals surface area contributed by atoms with Gasteiger partial charge in [-0.05, 0) is 32.2 Å². The second-order valence-electron chi connectivity index (χ2n) is 6.08. The molecule has 0 aromatic carbocycles. The van der Waals surface area contributed by atoms with Crippen molar-refractivity contribution in [3.05, 3.63) is 0 Å². The van der Waals surface area contributed by atoms with E-state index in [0.29, 0.717) is 12.0 Å². The van der Waals surface area contributed by atoms with Gasteiger partial charge in [0.15, 0.2) is 0 Å². The van der Waals surface area contributed by atoms with Crippen molar-refractivity contribution in [3.63, 3.8) is 0 Å². The molecule has 1 saturated carbocycles. The third-order valence-electron chi connectivity index (χ3n) is 3.99. The summed E-state index contributed by atoms with van der Waals surface area (Å²) in [6, 6.07) is 0.492. The van der Waals surface area contributed by atoms with Gasteiger partial charge in [0.05, 0.1) is 7.11 Å². The van der Waals surface area contributed by atoms with Crippen LogP contribution in [0.3, 0.4) is 0 Å². The lowest BCUT2D eigenvalue weighted by molar-refractivity contribution is -0.149. The summed E-state index contributed by atoms with van der Waals surface area (Å²) in [6.07, 6.45) is 3.51. The molecule has 1 aliphatic carbocycles. The van der Waals surface area contributed by atoms with Gasteiger partial charge in [-0.1, -0.05) is 27.2 Å². The highest BCUT2D eigenvalue weighted by atomic mass is 16.5. The summed E-state index contributed by atoms with van der Waals surface area (Å²) in [5.41, 5.74) is -0.584. The summed E-state index contributed by atoms with van der Waals surface area (Å²) >= 11 is 0. The fourth-order valence-corrected chi connectivity index (χ4v) is 2.40. The van der Waals surface area contributed by atoms with Crippen LogP contribution >= 0.6 is 0 Å². The zero-order valence-corrected chi connectivity index (χ0v) is 13.2.